The zero-order valence-electron chi connectivity index (χ0n) is 16.4. The summed E-state index contributed by atoms with van der Waals surface area (Å²) in [4.78, 5) is 41.9. The van der Waals surface area contributed by atoms with Gasteiger partial charge in [0.25, 0.3) is 5.91 Å². The number of aromatic nitrogens is 1. The predicted octanol–water partition coefficient (Wildman–Crippen LogP) is 1.10. The number of pyridine rings is 1. The van der Waals surface area contributed by atoms with Gasteiger partial charge in [-0.3, -0.25) is 19.6 Å². The molecule has 2 atom stereocenters. The van der Waals surface area contributed by atoms with Gasteiger partial charge in [-0.1, -0.05) is 37.8 Å². The van der Waals surface area contributed by atoms with Crippen LogP contribution in [0, 0.1) is 17.7 Å². The van der Waals surface area contributed by atoms with E-state index in [2.05, 4.69) is 4.99 Å². The van der Waals surface area contributed by atoms with Crippen molar-refractivity contribution in [3.05, 3.63) is 41.8 Å². The second-order valence-corrected chi connectivity index (χ2v) is 7.67. The van der Waals surface area contributed by atoms with Gasteiger partial charge in [-0.25, -0.2) is 9.45 Å². The number of nitrogens with zero attached hydrogens (tertiary/aromatic N) is 4. The van der Waals surface area contributed by atoms with E-state index in [0.29, 0.717) is 22.1 Å². The van der Waals surface area contributed by atoms with Crippen LogP contribution in [-0.2, 0) is 14.4 Å². The Morgan fingerprint density at radius 1 is 1.33 bits per heavy atom. The number of halogens is 1. The first-order valence-corrected chi connectivity index (χ1v) is 9.93. The molecule has 0 bridgehead atoms. The van der Waals surface area contributed by atoms with E-state index in [9.17, 15) is 29.2 Å². The van der Waals surface area contributed by atoms with Crippen molar-refractivity contribution in [2.24, 2.45) is 16.8 Å². The van der Waals surface area contributed by atoms with E-state index in [1.54, 1.807) is 6.08 Å². The first kappa shape index (κ1) is 21.7. The molecule has 0 saturated heterocycles. The molecule has 1 aliphatic carbocycles. The number of carbonyl (C=O) groups excluding carboxylic acids is 3. The van der Waals surface area contributed by atoms with Crippen LogP contribution in [0.3, 0.4) is 0 Å². The number of hydrogen-bond acceptors (Lipinski definition) is 5. The lowest BCUT2D eigenvalue weighted by molar-refractivity contribution is -0.158. The molecule has 9 nitrogen and oxygen atoms in total. The summed E-state index contributed by atoms with van der Waals surface area (Å²) < 4.78 is 13.5. The first-order chi connectivity index (χ1) is 14.4. The van der Waals surface area contributed by atoms with Gasteiger partial charge in [0.05, 0.1) is 18.7 Å². The molecule has 3 amide bonds. The summed E-state index contributed by atoms with van der Waals surface area (Å²) in [5.74, 6) is -2.05. The molecule has 0 radical (unpaired) electrons. The number of carbonyl (C=O) groups is 3. The normalized spacial score (nSPS) is 20.5. The molecule has 0 spiro atoms. The van der Waals surface area contributed by atoms with Gasteiger partial charge in [0.15, 0.2) is 5.49 Å². The summed E-state index contributed by atoms with van der Waals surface area (Å²) in [6.07, 6.45) is 8.91. The zero-order chi connectivity index (χ0) is 21.7. The molecule has 2 aliphatic rings. The van der Waals surface area contributed by atoms with Crippen LogP contribution in [0.15, 0.2) is 35.5 Å². The fraction of sp³-hybridized carbons (Fsp3) is 0.500. The van der Waals surface area contributed by atoms with E-state index in [1.807, 2.05) is 0 Å². The van der Waals surface area contributed by atoms with E-state index >= 15 is 0 Å². The Labute approximate surface area is 172 Å². The third-order valence-corrected chi connectivity index (χ3v) is 5.56. The molecule has 1 saturated carbocycles. The Kier molecular flexibility index (Phi) is 6.99. The highest BCUT2D eigenvalue weighted by Crippen LogP contribution is 2.32. The largest absolute Gasteiger partial charge is 0.427 e. The highest BCUT2D eigenvalue weighted by Gasteiger charge is 2.36. The maximum atomic E-state index is 13.2. The predicted molar refractivity (Wildman–Crippen MR) is 101 cm³/mol. The minimum absolute atomic E-state index is 0.151. The topological polar surface area (TPSA) is 115 Å². The summed E-state index contributed by atoms with van der Waals surface area (Å²) in [5, 5.41) is 19.8. The monoisotopic (exact) mass is 420 g/mol. The van der Waals surface area contributed by atoms with Crippen molar-refractivity contribution in [1.82, 2.24) is 14.7 Å². The van der Waals surface area contributed by atoms with Crippen LogP contribution in [0.5, 0.6) is 0 Å². The molecule has 30 heavy (non-hydrogen) atoms. The van der Waals surface area contributed by atoms with Gasteiger partial charge in [0.1, 0.15) is 11.9 Å². The Balaban J connectivity index is 1.78. The van der Waals surface area contributed by atoms with Crippen LogP contribution in [0.4, 0.5) is 4.39 Å². The van der Waals surface area contributed by atoms with Crippen molar-refractivity contribution in [2.75, 3.05) is 13.1 Å². The molecule has 0 aromatic carbocycles. The van der Waals surface area contributed by atoms with Gasteiger partial charge < -0.3 is 10.1 Å². The highest BCUT2D eigenvalue weighted by atomic mass is 19.1. The minimum atomic E-state index is -0.975. The zero-order valence-corrected chi connectivity index (χ0v) is 16.4. The standard InChI is InChI=1S/C20H25FN4O5/c21-16-7-8-18(25(30)12-16)22-19(27)17-6-3-9-24(17)20(28)15(11-23(29)13-26)10-14-4-1-2-5-14/h3,6-8,12-15,17,29-30H,1-2,4-5,9-11H2/t15-,17+/m1/s1. The van der Waals surface area contributed by atoms with E-state index in [1.165, 1.54) is 11.0 Å². The molecule has 162 valence electrons. The maximum Gasteiger partial charge on any atom is 0.274 e. The van der Waals surface area contributed by atoms with Crippen molar-refractivity contribution in [2.45, 2.75) is 38.1 Å². The molecule has 1 aromatic rings. The third-order valence-electron chi connectivity index (χ3n) is 5.56. The second-order valence-electron chi connectivity index (χ2n) is 7.67. The molecule has 10 heteroatoms. The third kappa shape index (κ3) is 5.12. The molecule has 2 N–H and O–H groups in total. The Morgan fingerprint density at radius 3 is 2.73 bits per heavy atom. The Bertz CT molecular complexity index is 893. The van der Waals surface area contributed by atoms with Crippen LogP contribution < -0.4 is 5.49 Å². The minimum Gasteiger partial charge on any atom is -0.427 e. The summed E-state index contributed by atoms with van der Waals surface area (Å²) in [6.45, 7) is 0.0446. The molecule has 0 unspecified atom stereocenters. The molecule has 1 aromatic heterocycles. The van der Waals surface area contributed by atoms with Gasteiger partial charge in [0.2, 0.25) is 12.3 Å². The van der Waals surface area contributed by atoms with E-state index in [-0.39, 0.29) is 30.9 Å². The van der Waals surface area contributed by atoms with Crippen molar-refractivity contribution in [3.8, 4) is 0 Å². The van der Waals surface area contributed by atoms with Crippen LogP contribution >= 0.6 is 0 Å². The summed E-state index contributed by atoms with van der Waals surface area (Å²) in [6, 6.07) is 1.23. The van der Waals surface area contributed by atoms with Gasteiger partial charge in [-0.05, 0) is 24.5 Å². The van der Waals surface area contributed by atoms with Crippen LogP contribution in [0.1, 0.15) is 32.1 Å². The lowest BCUT2D eigenvalue weighted by atomic mass is 9.91. The second kappa shape index (κ2) is 9.66. The van der Waals surface area contributed by atoms with Crippen LogP contribution in [-0.4, -0.2) is 62.5 Å². The van der Waals surface area contributed by atoms with Gasteiger partial charge in [-0.2, -0.15) is 9.72 Å². The van der Waals surface area contributed by atoms with Crippen molar-refractivity contribution in [1.29, 1.82) is 0 Å². The lowest BCUT2D eigenvalue weighted by Crippen LogP contribution is -2.46. The Hall–Kier alpha value is -3.01. The SMILES string of the molecule is O=CN(O)C[C@@H](CC1CCCC1)C(=O)N1CC=C[C@H]1C(=O)N=c1ccc(F)cn1O. The number of amides is 3. The number of hydrogen-bond donors (Lipinski definition) is 2. The van der Waals surface area contributed by atoms with Crippen LogP contribution in [0.25, 0.3) is 0 Å². The van der Waals surface area contributed by atoms with Crippen molar-refractivity contribution < 1.29 is 29.2 Å². The number of rotatable bonds is 7. The molecule has 3 rings (SSSR count). The molecule has 1 fully saturated rings. The summed E-state index contributed by atoms with van der Waals surface area (Å²) >= 11 is 0. The molecule has 1 aliphatic heterocycles. The van der Waals surface area contributed by atoms with Crippen LogP contribution in [0.2, 0.25) is 0 Å². The summed E-state index contributed by atoms with van der Waals surface area (Å²) in [5.41, 5.74) is -0.168. The fourth-order valence-electron chi connectivity index (χ4n) is 4.09. The highest BCUT2D eigenvalue weighted by molar-refractivity contribution is 5.91. The molecular weight excluding hydrogens is 395 g/mol. The van der Waals surface area contributed by atoms with Gasteiger partial charge in [-0.15, -0.1) is 0 Å². The van der Waals surface area contributed by atoms with E-state index in [0.717, 1.165) is 44.0 Å². The first-order valence-electron chi connectivity index (χ1n) is 9.93. The van der Waals surface area contributed by atoms with E-state index in [4.69, 9.17) is 0 Å². The van der Waals surface area contributed by atoms with Crippen molar-refractivity contribution in [3.63, 3.8) is 0 Å². The van der Waals surface area contributed by atoms with Gasteiger partial charge in [0, 0.05) is 6.54 Å². The average molecular weight is 420 g/mol. The summed E-state index contributed by atoms with van der Waals surface area (Å²) in [7, 11) is 0. The molecule has 2 heterocycles. The van der Waals surface area contributed by atoms with E-state index < -0.39 is 23.7 Å². The Morgan fingerprint density at radius 2 is 2.07 bits per heavy atom. The van der Waals surface area contributed by atoms with Crippen molar-refractivity contribution >= 4 is 18.2 Å². The maximum absolute atomic E-state index is 13.2. The number of hydroxylamine groups is 2. The quantitative estimate of drug-likeness (QED) is 0.225. The fourth-order valence-corrected chi connectivity index (χ4v) is 4.09. The lowest BCUT2D eigenvalue weighted by Gasteiger charge is -2.29. The average Bonchev–Trinajstić information content (AvgIpc) is 3.40. The molecular formula is C20H25FN4O5. The smallest absolute Gasteiger partial charge is 0.274 e. The van der Waals surface area contributed by atoms with Gasteiger partial charge >= 0.3 is 0 Å².